The molecule has 7 aromatic carbocycles. The zero-order chi connectivity index (χ0) is 30.6. The summed E-state index contributed by atoms with van der Waals surface area (Å²) < 4.78 is 9.04. The van der Waals surface area contributed by atoms with Gasteiger partial charge in [-0.2, -0.15) is 0 Å². The first-order chi connectivity index (χ1) is 22.6. The standard InChI is InChI=1S/C43H29NOS/c1-43(2)34-12-7-6-11-31(34)33-25-29(19-22-35(33)43)44(27-9-4-3-5-10-27)28-17-15-26(16-18-28)30-20-23-37-40-32(30)21-24-39-42(40)41-36(45-37)13-8-14-38(41)46-39/h3-25H,1-2H3. The van der Waals surface area contributed by atoms with Crippen molar-refractivity contribution in [3.63, 3.8) is 0 Å². The van der Waals surface area contributed by atoms with Gasteiger partial charge in [-0.25, -0.2) is 0 Å². The molecule has 3 heteroatoms. The molecule has 10 rings (SSSR count). The fourth-order valence-corrected chi connectivity index (χ4v) is 9.02. The average molecular weight is 608 g/mol. The fraction of sp³-hybridized carbons (Fsp3) is 0.0698. The summed E-state index contributed by atoms with van der Waals surface area (Å²) in [7, 11) is 0. The molecular formula is C43H29NOS. The summed E-state index contributed by atoms with van der Waals surface area (Å²) in [6, 6.07) is 50.8. The van der Waals surface area contributed by atoms with Crippen LogP contribution in [-0.4, -0.2) is 0 Å². The molecule has 0 saturated carbocycles. The van der Waals surface area contributed by atoms with E-state index in [1.54, 1.807) is 0 Å². The number of benzene rings is 7. The predicted octanol–water partition coefficient (Wildman–Crippen LogP) is 12.8. The zero-order valence-electron chi connectivity index (χ0n) is 25.5. The van der Waals surface area contributed by atoms with Crippen molar-refractivity contribution in [2.75, 3.05) is 4.90 Å². The van der Waals surface area contributed by atoms with E-state index >= 15 is 0 Å². The third kappa shape index (κ3) is 3.52. The molecule has 0 spiro atoms. The van der Waals surface area contributed by atoms with Crippen molar-refractivity contribution in [2.45, 2.75) is 19.3 Å². The summed E-state index contributed by atoms with van der Waals surface area (Å²) >= 11 is 1.84. The molecule has 0 fully saturated rings. The van der Waals surface area contributed by atoms with E-state index in [2.05, 4.69) is 158 Å². The number of hydrogen-bond donors (Lipinski definition) is 0. The summed E-state index contributed by atoms with van der Waals surface area (Å²) in [5.41, 5.74) is 11.2. The van der Waals surface area contributed by atoms with Crippen molar-refractivity contribution in [3.05, 3.63) is 151 Å². The minimum Gasteiger partial charge on any atom is -0.456 e. The molecule has 0 radical (unpaired) electrons. The van der Waals surface area contributed by atoms with Gasteiger partial charge in [0.2, 0.25) is 0 Å². The van der Waals surface area contributed by atoms with Crippen LogP contribution < -0.4 is 9.64 Å². The molecule has 0 amide bonds. The fourth-order valence-electron chi connectivity index (χ4n) is 7.89. The summed E-state index contributed by atoms with van der Waals surface area (Å²) in [5, 5.41) is 5.01. The highest BCUT2D eigenvalue weighted by Crippen LogP contribution is 2.53. The van der Waals surface area contributed by atoms with Gasteiger partial charge in [-0.15, -0.1) is 11.3 Å². The molecule has 2 heterocycles. The van der Waals surface area contributed by atoms with Crippen LogP contribution in [0.3, 0.4) is 0 Å². The highest BCUT2D eigenvalue weighted by atomic mass is 32.1. The molecule has 1 aromatic heterocycles. The smallest absolute Gasteiger partial charge is 0.136 e. The molecule has 0 unspecified atom stereocenters. The molecule has 2 nitrogen and oxygen atoms in total. The van der Waals surface area contributed by atoms with Crippen LogP contribution in [0.2, 0.25) is 0 Å². The topological polar surface area (TPSA) is 12.5 Å². The van der Waals surface area contributed by atoms with Gasteiger partial charge >= 0.3 is 0 Å². The van der Waals surface area contributed by atoms with Gasteiger partial charge < -0.3 is 9.64 Å². The Morgan fingerprint density at radius 3 is 2.09 bits per heavy atom. The van der Waals surface area contributed by atoms with Crippen LogP contribution in [0.4, 0.5) is 17.1 Å². The number of hydrogen-bond acceptors (Lipinski definition) is 3. The Balaban J connectivity index is 1.11. The predicted molar refractivity (Wildman–Crippen MR) is 195 cm³/mol. The third-order valence-electron chi connectivity index (χ3n) is 10.1. The van der Waals surface area contributed by atoms with E-state index in [-0.39, 0.29) is 5.41 Å². The highest BCUT2D eigenvalue weighted by Gasteiger charge is 2.35. The lowest BCUT2D eigenvalue weighted by molar-refractivity contribution is 0.493. The van der Waals surface area contributed by atoms with Gasteiger partial charge in [-0.05, 0) is 99.4 Å². The van der Waals surface area contributed by atoms with Crippen molar-refractivity contribution >= 4 is 59.3 Å². The van der Waals surface area contributed by atoms with Crippen molar-refractivity contribution < 1.29 is 4.74 Å². The Kier molecular flexibility index (Phi) is 5.25. The van der Waals surface area contributed by atoms with Gasteiger partial charge in [0.25, 0.3) is 0 Å². The number of rotatable bonds is 4. The van der Waals surface area contributed by atoms with Gasteiger partial charge in [0.15, 0.2) is 0 Å². The summed E-state index contributed by atoms with van der Waals surface area (Å²) in [5.74, 6) is 1.90. The maximum atomic E-state index is 6.45. The SMILES string of the molecule is CC1(C)c2ccccc2-c2cc(N(c3ccccc3)c3ccc(-c4ccc5c6c4ccc4sc7cccc(c7c46)O5)cc3)ccc21. The Bertz CT molecular complexity index is 2520. The maximum absolute atomic E-state index is 6.45. The zero-order valence-corrected chi connectivity index (χ0v) is 26.4. The molecule has 1 aliphatic carbocycles. The second kappa shape index (κ2) is 9.32. The van der Waals surface area contributed by atoms with E-state index in [0.717, 1.165) is 28.6 Å². The normalized spacial score (nSPS) is 13.8. The molecule has 0 N–H and O–H groups in total. The molecule has 2 aliphatic rings. The molecule has 46 heavy (non-hydrogen) atoms. The molecule has 0 saturated heterocycles. The second-order valence-electron chi connectivity index (χ2n) is 12.9. The number of nitrogens with zero attached hydrogens (tertiary/aromatic N) is 1. The number of para-hydroxylation sites is 1. The van der Waals surface area contributed by atoms with Crippen LogP contribution in [-0.2, 0) is 5.41 Å². The molecule has 1 aliphatic heterocycles. The van der Waals surface area contributed by atoms with Crippen LogP contribution in [0.25, 0.3) is 53.2 Å². The van der Waals surface area contributed by atoms with Gasteiger partial charge in [0.05, 0.1) is 0 Å². The largest absolute Gasteiger partial charge is 0.456 e. The monoisotopic (exact) mass is 607 g/mol. The van der Waals surface area contributed by atoms with E-state index < -0.39 is 0 Å². The third-order valence-corrected chi connectivity index (χ3v) is 11.2. The Hall–Kier alpha value is -5.38. The lowest BCUT2D eigenvalue weighted by Crippen LogP contribution is -2.15. The van der Waals surface area contributed by atoms with E-state index in [0.29, 0.717) is 0 Å². The first kappa shape index (κ1) is 25.9. The number of ether oxygens (including phenoxy) is 1. The van der Waals surface area contributed by atoms with Gasteiger partial charge in [-0.3, -0.25) is 0 Å². The first-order valence-corrected chi connectivity index (χ1v) is 16.7. The van der Waals surface area contributed by atoms with Crippen molar-refractivity contribution in [1.29, 1.82) is 0 Å². The van der Waals surface area contributed by atoms with Gasteiger partial charge in [0, 0.05) is 48.0 Å². The molecular weight excluding hydrogens is 579 g/mol. The Labute approximate surface area is 271 Å². The van der Waals surface area contributed by atoms with E-state index in [1.165, 1.54) is 64.3 Å². The van der Waals surface area contributed by atoms with Gasteiger partial charge in [-0.1, -0.05) is 92.7 Å². The van der Waals surface area contributed by atoms with Crippen LogP contribution in [0.15, 0.2) is 140 Å². The lowest BCUT2D eigenvalue weighted by atomic mass is 9.82. The minimum atomic E-state index is -0.0179. The first-order valence-electron chi connectivity index (χ1n) is 15.9. The van der Waals surface area contributed by atoms with Crippen molar-refractivity contribution in [2.24, 2.45) is 0 Å². The second-order valence-corrected chi connectivity index (χ2v) is 14.0. The van der Waals surface area contributed by atoms with Crippen LogP contribution >= 0.6 is 11.3 Å². The molecule has 218 valence electrons. The summed E-state index contributed by atoms with van der Waals surface area (Å²) in [6.07, 6.45) is 0. The van der Waals surface area contributed by atoms with E-state index in [4.69, 9.17) is 4.74 Å². The van der Waals surface area contributed by atoms with Crippen LogP contribution in [0, 0.1) is 0 Å². The molecule has 8 aromatic rings. The lowest BCUT2D eigenvalue weighted by Gasteiger charge is -2.27. The van der Waals surface area contributed by atoms with Crippen LogP contribution in [0.1, 0.15) is 25.0 Å². The highest BCUT2D eigenvalue weighted by molar-refractivity contribution is 7.26. The molecule has 0 bridgehead atoms. The van der Waals surface area contributed by atoms with Crippen molar-refractivity contribution in [1.82, 2.24) is 0 Å². The van der Waals surface area contributed by atoms with Crippen LogP contribution in [0.5, 0.6) is 11.5 Å². The summed E-state index contributed by atoms with van der Waals surface area (Å²) in [4.78, 5) is 2.37. The quantitative estimate of drug-likeness (QED) is 0.197. The van der Waals surface area contributed by atoms with Crippen molar-refractivity contribution in [3.8, 4) is 33.8 Å². The maximum Gasteiger partial charge on any atom is 0.136 e. The van der Waals surface area contributed by atoms with E-state index in [1.807, 2.05) is 11.3 Å². The number of anilines is 3. The number of thiophene rings is 1. The number of fused-ring (bicyclic) bond motifs is 3. The molecule has 0 atom stereocenters. The van der Waals surface area contributed by atoms with Gasteiger partial charge in [0.1, 0.15) is 11.5 Å². The Morgan fingerprint density at radius 2 is 1.22 bits per heavy atom. The average Bonchev–Trinajstić information content (AvgIpc) is 3.59. The summed E-state index contributed by atoms with van der Waals surface area (Å²) in [6.45, 7) is 4.67. The minimum absolute atomic E-state index is 0.0179. The Morgan fingerprint density at radius 1 is 0.500 bits per heavy atom. The van der Waals surface area contributed by atoms with E-state index in [9.17, 15) is 0 Å².